The van der Waals surface area contributed by atoms with Crippen LogP contribution >= 0.6 is 0 Å². The Morgan fingerprint density at radius 3 is 2.65 bits per heavy atom. The average Bonchev–Trinajstić information content (AvgIpc) is 2.57. The number of aliphatic imine (C=N–C) groups is 1. The standard InChI is InChI=1S/C18H19FN4/c1-21-18(23(2)13-14-6-4-3-5-7-14)22-12-16-10-15(11-20)8-9-17(16)19/h3-10H,12-13H2,1-2H3,(H,21,22). The third-order valence-corrected chi connectivity index (χ3v) is 3.45. The van der Waals surface area contributed by atoms with Crippen LogP contribution in [0.3, 0.4) is 0 Å². The van der Waals surface area contributed by atoms with Crippen LogP contribution < -0.4 is 5.32 Å². The van der Waals surface area contributed by atoms with E-state index in [4.69, 9.17) is 5.26 Å². The Hall–Kier alpha value is -2.87. The van der Waals surface area contributed by atoms with Crippen LogP contribution in [0.4, 0.5) is 4.39 Å². The van der Waals surface area contributed by atoms with Crippen molar-refractivity contribution in [2.45, 2.75) is 13.1 Å². The summed E-state index contributed by atoms with van der Waals surface area (Å²) in [6.45, 7) is 0.967. The molecule has 0 saturated heterocycles. The van der Waals surface area contributed by atoms with Gasteiger partial charge < -0.3 is 10.2 Å². The molecule has 0 amide bonds. The molecule has 0 aliphatic rings. The van der Waals surface area contributed by atoms with E-state index in [0.717, 1.165) is 5.56 Å². The first-order valence-corrected chi connectivity index (χ1v) is 7.28. The maximum atomic E-state index is 13.8. The van der Waals surface area contributed by atoms with Gasteiger partial charge in [-0.2, -0.15) is 5.26 Å². The largest absolute Gasteiger partial charge is 0.352 e. The Balaban J connectivity index is 2.02. The van der Waals surface area contributed by atoms with Crippen molar-refractivity contribution in [2.24, 2.45) is 4.99 Å². The fourth-order valence-corrected chi connectivity index (χ4v) is 2.27. The van der Waals surface area contributed by atoms with Crippen molar-refractivity contribution < 1.29 is 4.39 Å². The number of hydrogen-bond acceptors (Lipinski definition) is 2. The summed E-state index contributed by atoms with van der Waals surface area (Å²) >= 11 is 0. The van der Waals surface area contributed by atoms with Crippen LogP contribution in [-0.2, 0) is 13.1 Å². The minimum atomic E-state index is -0.335. The van der Waals surface area contributed by atoms with E-state index in [1.165, 1.54) is 12.1 Å². The third kappa shape index (κ3) is 4.55. The van der Waals surface area contributed by atoms with E-state index in [9.17, 15) is 4.39 Å². The van der Waals surface area contributed by atoms with E-state index in [1.807, 2.05) is 48.3 Å². The Morgan fingerprint density at radius 1 is 1.26 bits per heavy atom. The van der Waals surface area contributed by atoms with Gasteiger partial charge in [0, 0.05) is 32.7 Å². The minimum absolute atomic E-state index is 0.271. The summed E-state index contributed by atoms with van der Waals surface area (Å²) < 4.78 is 13.8. The molecule has 118 valence electrons. The lowest BCUT2D eigenvalue weighted by Crippen LogP contribution is -2.38. The van der Waals surface area contributed by atoms with E-state index >= 15 is 0 Å². The zero-order valence-electron chi connectivity index (χ0n) is 13.3. The molecule has 23 heavy (non-hydrogen) atoms. The number of rotatable bonds is 4. The molecule has 0 aromatic heterocycles. The van der Waals surface area contributed by atoms with Gasteiger partial charge in [0.25, 0.3) is 0 Å². The first-order valence-electron chi connectivity index (χ1n) is 7.28. The van der Waals surface area contributed by atoms with Gasteiger partial charge in [-0.3, -0.25) is 4.99 Å². The molecule has 2 rings (SSSR count). The third-order valence-electron chi connectivity index (χ3n) is 3.45. The van der Waals surface area contributed by atoms with Gasteiger partial charge in [-0.25, -0.2) is 4.39 Å². The summed E-state index contributed by atoms with van der Waals surface area (Å²) in [5.74, 6) is 0.327. The fraction of sp³-hybridized carbons (Fsp3) is 0.222. The first-order chi connectivity index (χ1) is 11.1. The van der Waals surface area contributed by atoms with Gasteiger partial charge in [0.05, 0.1) is 11.6 Å². The number of halogens is 1. The zero-order valence-corrected chi connectivity index (χ0v) is 13.3. The molecule has 5 heteroatoms. The topological polar surface area (TPSA) is 51.4 Å². The van der Waals surface area contributed by atoms with Crippen LogP contribution in [0.1, 0.15) is 16.7 Å². The molecule has 0 aliphatic carbocycles. The summed E-state index contributed by atoms with van der Waals surface area (Å²) in [6, 6.07) is 16.4. The molecule has 0 spiro atoms. The van der Waals surface area contributed by atoms with Crippen LogP contribution in [0.2, 0.25) is 0 Å². The fourth-order valence-electron chi connectivity index (χ4n) is 2.27. The number of nitrogens with one attached hydrogen (secondary N) is 1. The first kappa shape index (κ1) is 16.5. The molecule has 0 saturated carbocycles. The second kappa shape index (κ2) is 7.95. The van der Waals surface area contributed by atoms with E-state index in [1.54, 1.807) is 13.1 Å². The van der Waals surface area contributed by atoms with Crippen molar-refractivity contribution in [2.75, 3.05) is 14.1 Å². The van der Waals surface area contributed by atoms with E-state index < -0.39 is 0 Å². The smallest absolute Gasteiger partial charge is 0.193 e. The van der Waals surface area contributed by atoms with Gasteiger partial charge in [0.15, 0.2) is 5.96 Å². The molecule has 4 nitrogen and oxygen atoms in total. The average molecular weight is 310 g/mol. The van der Waals surface area contributed by atoms with Crippen LogP contribution in [0.25, 0.3) is 0 Å². The van der Waals surface area contributed by atoms with Gasteiger partial charge >= 0.3 is 0 Å². The molecule has 0 unspecified atom stereocenters. The minimum Gasteiger partial charge on any atom is -0.352 e. The van der Waals surface area contributed by atoms with Crippen LogP contribution in [0.15, 0.2) is 53.5 Å². The number of benzene rings is 2. The Bertz CT molecular complexity index is 720. The van der Waals surface area contributed by atoms with E-state index in [2.05, 4.69) is 10.3 Å². The summed E-state index contributed by atoms with van der Waals surface area (Å²) in [5, 5.41) is 12.0. The van der Waals surface area contributed by atoms with Crippen LogP contribution in [0.5, 0.6) is 0 Å². The van der Waals surface area contributed by atoms with Gasteiger partial charge in [-0.15, -0.1) is 0 Å². The lowest BCUT2D eigenvalue weighted by Gasteiger charge is -2.22. The summed E-state index contributed by atoms with van der Waals surface area (Å²) in [5.41, 5.74) is 2.05. The van der Waals surface area contributed by atoms with Gasteiger partial charge in [-0.1, -0.05) is 30.3 Å². The van der Waals surface area contributed by atoms with Gasteiger partial charge in [0.2, 0.25) is 0 Å². The highest BCUT2D eigenvalue weighted by Crippen LogP contribution is 2.10. The number of nitrogens with zero attached hydrogens (tertiary/aromatic N) is 3. The molecular weight excluding hydrogens is 291 g/mol. The maximum Gasteiger partial charge on any atom is 0.193 e. The van der Waals surface area contributed by atoms with Crippen LogP contribution in [-0.4, -0.2) is 25.0 Å². The van der Waals surface area contributed by atoms with Crippen molar-refractivity contribution in [1.82, 2.24) is 10.2 Å². The second-order valence-electron chi connectivity index (χ2n) is 5.16. The monoisotopic (exact) mass is 310 g/mol. The summed E-state index contributed by atoms with van der Waals surface area (Å²) in [4.78, 5) is 6.18. The van der Waals surface area contributed by atoms with Crippen molar-refractivity contribution in [1.29, 1.82) is 5.26 Å². The SMILES string of the molecule is CN=C(NCc1cc(C#N)ccc1F)N(C)Cc1ccccc1. The lowest BCUT2D eigenvalue weighted by molar-refractivity contribution is 0.475. The van der Waals surface area contributed by atoms with Gasteiger partial charge in [-0.05, 0) is 23.8 Å². The number of nitriles is 1. The molecule has 0 aliphatic heterocycles. The van der Waals surface area contributed by atoms with Crippen molar-refractivity contribution in [3.63, 3.8) is 0 Å². The Labute approximate surface area is 135 Å². The van der Waals surface area contributed by atoms with E-state index in [-0.39, 0.29) is 12.4 Å². The Kier molecular flexibility index (Phi) is 5.70. The second-order valence-corrected chi connectivity index (χ2v) is 5.16. The highest BCUT2D eigenvalue weighted by atomic mass is 19.1. The zero-order chi connectivity index (χ0) is 16.7. The van der Waals surface area contributed by atoms with Crippen molar-refractivity contribution >= 4 is 5.96 Å². The molecule has 0 heterocycles. The molecule has 0 bridgehead atoms. The van der Waals surface area contributed by atoms with Crippen molar-refractivity contribution in [3.8, 4) is 6.07 Å². The molecule has 1 N–H and O–H groups in total. The normalized spacial score (nSPS) is 11.0. The molecule has 0 atom stereocenters. The Morgan fingerprint density at radius 2 is 2.00 bits per heavy atom. The molecular formula is C18H19FN4. The maximum absolute atomic E-state index is 13.8. The van der Waals surface area contributed by atoms with Crippen molar-refractivity contribution in [3.05, 3.63) is 71.0 Å². The molecule has 0 radical (unpaired) electrons. The highest BCUT2D eigenvalue weighted by Gasteiger charge is 2.09. The summed E-state index contributed by atoms with van der Waals surface area (Å²) in [7, 11) is 3.61. The quantitative estimate of drug-likeness (QED) is 0.698. The molecule has 2 aromatic carbocycles. The highest BCUT2D eigenvalue weighted by molar-refractivity contribution is 5.79. The summed E-state index contributed by atoms with van der Waals surface area (Å²) in [6.07, 6.45) is 0. The predicted octanol–water partition coefficient (Wildman–Crippen LogP) is 2.90. The van der Waals surface area contributed by atoms with Crippen LogP contribution in [0, 0.1) is 17.1 Å². The van der Waals surface area contributed by atoms with E-state index in [0.29, 0.717) is 23.6 Å². The van der Waals surface area contributed by atoms with Gasteiger partial charge in [0.1, 0.15) is 5.82 Å². The number of hydrogen-bond donors (Lipinski definition) is 1. The number of guanidine groups is 1. The molecule has 2 aromatic rings. The molecule has 0 fully saturated rings. The predicted molar refractivity (Wildman–Crippen MR) is 89.2 cm³/mol. The lowest BCUT2D eigenvalue weighted by atomic mass is 10.1.